The Morgan fingerprint density at radius 1 is 1.33 bits per heavy atom. The van der Waals surface area contributed by atoms with Crippen molar-refractivity contribution in [3.63, 3.8) is 0 Å². The molecule has 2 spiro atoms. The third kappa shape index (κ3) is 1.80. The van der Waals surface area contributed by atoms with Crippen LogP contribution >= 0.6 is 0 Å². The number of fused-ring (bicyclic) bond motifs is 1. The van der Waals surface area contributed by atoms with Crippen molar-refractivity contribution in [1.29, 1.82) is 0 Å². The van der Waals surface area contributed by atoms with Crippen LogP contribution in [-0.2, 0) is 9.53 Å². The topological polar surface area (TPSA) is 89.8 Å². The summed E-state index contributed by atoms with van der Waals surface area (Å²) in [6, 6.07) is -0.171. The number of hydrogen-bond donors (Lipinski definition) is 2. The molecule has 2 N–H and O–H groups in total. The lowest BCUT2D eigenvalue weighted by molar-refractivity contribution is -0.927. The van der Waals surface area contributed by atoms with Gasteiger partial charge < -0.3 is 24.8 Å². The molecule has 1 heterocycles. The molecule has 30 heavy (non-hydrogen) atoms. The first kappa shape index (κ1) is 19.7. The van der Waals surface area contributed by atoms with E-state index in [0.717, 1.165) is 31.3 Å². The van der Waals surface area contributed by atoms with Gasteiger partial charge in [0, 0.05) is 29.6 Å². The number of piperidine rings is 1. The summed E-state index contributed by atoms with van der Waals surface area (Å²) in [5, 5.41) is 37.2. The zero-order chi connectivity index (χ0) is 21.4. The van der Waals surface area contributed by atoms with Gasteiger partial charge >= 0.3 is 5.97 Å². The van der Waals surface area contributed by atoms with Gasteiger partial charge in [-0.05, 0) is 56.4 Å². The molecule has 0 aromatic heterocycles. The number of carbonyl (C=O) groups is 1. The molecule has 12 atom stereocenters. The van der Waals surface area contributed by atoms with Gasteiger partial charge in [-0.3, -0.25) is 4.79 Å². The third-order valence-electron chi connectivity index (χ3n) is 11.1. The minimum absolute atomic E-state index is 0.00141. The minimum Gasteiger partial charge on any atom is -0.633 e. The van der Waals surface area contributed by atoms with Gasteiger partial charge in [0.15, 0.2) is 0 Å². The van der Waals surface area contributed by atoms with Crippen LogP contribution in [0.1, 0.15) is 52.9 Å². The Morgan fingerprint density at radius 3 is 2.73 bits per heavy atom. The number of rotatable bonds is 2. The van der Waals surface area contributed by atoms with Gasteiger partial charge in [0.2, 0.25) is 0 Å². The van der Waals surface area contributed by atoms with Crippen molar-refractivity contribution in [2.75, 3.05) is 13.1 Å². The highest BCUT2D eigenvalue weighted by Gasteiger charge is 2.88. The molecule has 1 unspecified atom stereocenters. The first-order chi connectivity index (χ1) is 14.1. The highest BCUT2D eigenvalue weighted by Crippen LogP contribution is 2.84. The lowest BCUT2D eigenvalue weighted by Crippen LogP contribution is -2.73. The number of esters is 1. The van der Waals surface area contributed by atoms with Crippen LogP contribution in [0.25, 0.3) is 0 Å². The maximum atomic E-state index is 14.4. The molecule has 0 aromatic rings. The molecule has 6 heteroatoms. The van der Waals surface area contributed by atoms with Crippen LogP contribution in [-0.4, -0.2) is 58.3 Å². The van der Waals surface area contributed by atoms with E-state index in [1.54, 1.807) is 0 Å². The van der Waals surface area contributed by atoms with Gasteiger partial charge in [0.05, 0.1) is 30.7 Å². The van der Waals surface area contributed by atoms with Crippen molar-refractivity contribution >= 4 is 5.97 Å². The fourth-order valence-electron chi connectivity index (χ4n) is 10.6. The van der Waals surface area contributed by atoms with Crippen molar-refractivity contribution in [2.45, 2.75) is 77.2 Å². The van der Waals surface area contributed by atoms with E-state index in [0.29, 0.717) is 25.4 Å². The summed E-state index contributed by atoms with van der Waals surface area (Å²) in [6.45, 7) is 11.1. The Kier molecular flexibility index (Phi) is 3.62. The molecule has 5 aliphatic carbocycles. The van der Waals surface area contributed by atoms with Crippen LogP contribution < -0.4 is 0 Å². The minimum atomic E-state index is -0.541. The Labute approximate surface area is 178 Å². The molecule has 6 aliphatic rings. The van der Waals surface area contributed by atoms with Crippen molar-refractivity contribution in [3.05, 3.63) is 17.4 Å². The molecule has 0 aromatic carbocycles. The highest BCUT2D eigenvalue weighted by molar-refractivity contribution is 5.67. The summed E-state index contributed by atoms with van der Waals surface area (Å²) < 4.78 is 5.70. The van der Waals surface area contributed by atoms with Crippen LogP contribution in [0.4, 0.5) is 0 Å². The normalized spacial score (nSPS) is 62.4. The molecule has 7 bridgehead atoms. The van der Waals surface area contributed by atoms with E-state index in [2.05, 4.69) is 13.5 Å². The Balaban J connectivity index is 1.61. The fraction of sp³-hybridized carbons (Fsp3) is 0.875. The van der Waals surface area contributed by atoms with Crippen molar-refractivity contribution in [1.82, 2.24) is 0 Å². The maximum Gasteiger partial charge on any atom is 0.303 e. The molecule has 0 radical (unpaired) electrons. The van der Waals surface area contributed by atoms with Crippen LogP contribution in [0.2, 0.25) is 0 Å². The first-order valence-electron chi connectivity index (χ1n) is 11.9. The molecular weight excluding hydrogens is 382 g/mol. The second-order valence-electron chi connectivity index (χ2n) is 11.8. The summed E-state index contributed by atoms with van der Waals surface area (Å²) in [7, 11) is 0. The second kappa shape index (κ2) is 5.51. The molecule has 1 saturated heterocycles. The summed E-state index contributed by atoms with van der Waals surface area (Å²) in [5.74, 6) is 0.0110. The van der Waals surface area contributed by atoms with E-state index in [4.69, 9.17) is 4.74 Å². The predicted octanol–water partition coefficient (Wildman–Crippen LogP) is 2.38. The SMILES string of the molecule is C=C1[C@H]2C[C@@]3([C@@H]1OC(C)=O)[C@@H]1C[C@@H]4[C@]5(C)CC[C@H](O)[C@@]4([C@@H]3C[C@@H]2O)[C@H]1[N+]([O-])(CC)C5. The predicted molar refractivity (Wildman–Crippen MR) is 110 cm³/mol. The number of carbonyl (C=O) groups excluding carboxylic acids is 1. The summed E-state index contributed by atoms with van der Waals surface area (Å²) in [5.41, 5.74) is -0.0892. The monoisotopic (exact) mass is 417 g/mol. The Hall–Kier alpha value is -0.950. The van der Waals surface area contributed by atoms with E-state index in [-0.39, 0.29) is 45.2 Å². The van der Waals surface area contributed by atoms with Crippen molar-refractivity contribution < 1.29 is 24.4 Å². The Morgan fingerprint density at radius 2 is 2.07 bits per heavy atom. The lowest BCUT2D eigenvalue weighted by Gasteiger charge is -2.68. The summed E-state index contributed by atoms with van der Waals surface area (Å²) >= 11 is 0. The van der Waals surface area contributed by atoms with E-state index in [9.17, 15) is 20.2 Å². The first-order valence-corrected chi connectivity index (χ1v) is 11.9. The quantitative estimate of drug-likeness (QED) is 0.312. The van der Waals surface area contributed by atoms with E-state index in [1.807, 2.05) is 6.92 Å². The Bertz CT molecular complexity index is 845. The van der Waals surface area contributed by atoms with Crippen LogP contribution in [0.15, 0.2) is 12.2 Å². The number of quaternary nitrogens is 1. The van der Waals surface area contributed by atoms with E-state index in [1.165, 1.54) is 6.92 Å². The standard InChI is InChI=1S/C24H35NO5/c1-5-25(29)11-22(4)7-6-19(28)24-17(22)8-15(20(24)25)23-10-14(16(27)9-18(23)24)12(2)21(23)30-13(3)26/h14-21,27-28H,2,5-11H2,1,3-4H3/t14-,15-,16+,17-,18-,19+,20+,21-,22-,23-,24-,25?/m1/s1. The lowest BCUT2D eigenvalue weighted by atomic mass is 9.43. The molecular formula is C24H35NO5. The number of nitrogens with zero attached hydrogens (tertiary/aromatic N) is 1. The van der Waals surface area contributed by atoms with Gasteiger partial charge in [-0.2, -0.15) is 0 Å². The number of hydroxylamine groups is 3. The average Bonchev–Trinajstić information content (AvgIpc) is 3.23. The fourth-order valence-corrected chi connectivity index (χ4v) is 10.6. The molecule has 6 rings (SSSR count). The number of ether oxygens (including phenoxy) is 1. The number of likely N-dealkylation sites (tertiary alicyclic amines) is 1. The second-order valence-corrected chi connectivity index (χ2v) is 11.8. The van der Waals surface area contributed by atoms with Crippen LogP contribution in [0.3, 0.4) is 0 Å². The number of aliphatic hydroxyl groups is 2. The van der Waals surface area contributed by atoms with Gasteiger partial charge in [-0.1, -0.05) is 13.5 Å². The van der Waals surface area contributed by atoms with Crippen LogP contribution in [0, 0.1) is 45.1 Å². The maximum absolute atomic E-state index is 14.4. The zero-order valence-corrected chi connectivity index (χ0v) is 18.3. The zero-order valence-electron chi connectivity index (χ0n) is 18.3. The van der Waals surface area contributed by atoms with Gasteiger partial charge in [0.25, 0.3) is 0 Å². The van der Waals surface area contributed by atoms with Crippen LogP contribution in [0.5, 0.6) is 0 Å². The smallest absolute Gasteiger partial charge is 0.303 e. The average molecular weight is 418 g/mol. The van der Waals surface area contributed by atoms with E-state index < -0.39 is 23.7 Å². The summed E-state index contributed by atoms with van der Waals surface area (Å²) in [6.07, 6.45) is 2.37. The molecule has 166 valence electrons. The van der Waals surface area contributed by atoms with Crippen molar-refractivity contribution in [3.8, 4) is 0 Å². The molecule has 5 saturated carbocycles. The molecule has 6 fully saturated rings. The largest absolute Gasteiger partial charge is 0.633 e. The van der Waals surface area contributed by atoms with E-state index >= 15 is 0 Å². The molecule has 6 nitrogen and oxygen atoms in total. The third-order valence-corrected chi connectivity index (χ3v) is 11.1. The van der Waals surface area contributed by atoms with Gasteiger partial charge in [-0.15, -0.1) is 0 Å². The summed E-state index contributed by atoms with van der Waals surface area (Å²) in [4.78, 5) is 12.1. The van der Waals surface area contributed by atoms with Gasteiger partial charge in [-0.25, -0.2) is 0 Å². The van der Waals surface area contributed by atoms with Gasteiger partial charge in [0.1, 0.15) is 12.1 Å². The number of aliphatic hydroxyl groups excluding tert-OH is 2. The molecule has 0 amide bonds. The number of hydrogen-bond acceptors (Lipinski definition) is 5. The molecule has 1 aliphatic heterocycles. The van der Waals surface area contributed by atoms with Crippen molar-refractivity contribution in [2.24, 2.45) is 39.9 Å². The highest BCUT2D eigenvalue weighted by atomic mass is 16.6.